The molecule has 0 aliphatic carbocycles. The van der Waals surface area contributed by atoms with Crippen LogP contribution in [0.5, 0.6) is 0 Å². The van der Waals surface area contributed by atoms with Crippen molar-refractivity contribution in [2.24, 2.45) is 0 Å². The average molecular weight is 175 g/mol. The molecule has 2 rings (SSSR count). The van der Waals surface area contributed by atoms with Gasteiger partial charge in [0.05, 0.1) is 6.54 Å². The standard InChI is InChI=1S/C11H13NO/c1-9-7-12(9)8-11(13)10-5-3-2-4-6-10/h2-6,9H,7-8H2,1H3. The molecular weight excluding hydrogens is 162 g/mol. The summed E-state index contributed by atoms with van der Waals surface area (Å²) in [4.78, 5) is 13.8. The van der Waals surface area contributed by atoms with Crippen molar-refractivity contribution in [2.75, 3.05) is 13.1 Å². The van der Waals surface area contributed by atoms with Crippen LogP contribution in [0.2, 0.25) is 0 Å². The van der Waals surface area contributed by atoms with Crippen molar-refractivity contribution < 1.29 is 4.79 Å². The Kier molecular flexibility index (Phi) is 2.15. The van der Waals surface area contributed by atoms with Crippen LogP contribution in [0.15, 0.2) is 30.3 Å². The Bertz CT molecular complexity index is 307. The molecule has 0 bridgehead atoms. The molecule has 1 fully saturated rings. The molecule has 1 aromatic rings. The summed E-state index contributed by atoms with van der Waals surface area (Å²) in [6.07, 6.45) is 0. The highest BCUT2D eigenvalue weighted by Crippen LogP contribution is 2.16. The number of nitrogens with zero attached hydrogens (tertiary/aromatic N) is 1. The molecule has 2 unspecified atom stereocenters. The first kappa shape index (κ1) is 8.45. The number of carbonyl (C=O) groups is 1. The highest BCUT2D eigenvalue weighted by molar-refractivity contribution is 5.97. The fourth-order valence-corrected chi connectivity index (χ4v) is 1.41. The minimum Gasteiger partial charge on any atom is -0.293 e. The third kappa shape index (κ3) is 1.95. The van der Waals surface area contributed by atoms with Crippen LogP contribution in [-0.2, 0) is 0 Å². The van der Waals surface area contributed by atoms with Gasteiger partial charge in [-0.15, -0.1) is 0 Å². The Labute approximate surface area is 78.2 Å². The smallest absolute Gasteiger partial charge is 0.176 e. The molecule has 0 N–H and O–H groups in total. The van der Waals surface area contributed by atoms with Crippen LogP contribution < -0.4 is 0 Å². The number of rotatable bonds is 3. The van der Waals surface area contributed by atoms with Crippen LogP contribution in [0.3, 0.4) is 0 Å². The molecule has 0 radical (unpaired) electrons. The van der Waals surface area contributed by atoms with Gasteiger partial charge in [0.25, 0.3) is 0 Å². The summed E-state index contributed by atoms with van der Waals surface area (Å²) in [6.45, 7) is 3.78. The van der Waals surface area contributed by atoms with Gasteiger partial charge in [0.15, 0.2) is 5.78 Å². The van der Waals surface area contributed by atoms with E-state index >= 15 is 0 Å². The summed E-state index contributed by atoms with van der Waals surface area (Å²) in [6, 6.07) is 10.1. The van der Waals surface area contributed by atoms with E-state index in [1.54, 1.807) is 0 Å². The van der Waals surface area contributed by atoms with Crippen molar-refractivity contribution in [3.05, 3.63) is 35.9 Å². The lowest BCUT2D eigenvalue weighted by Crippen LogP contribution is -2.14. The maximum atomic E-state index is 11.6. The lowest BCUT2D eigenvalue weighted by Gasteiger charge is -2.00. The summed E-state index contributed by atoms with van der Waals surface area (Å²) in [5, 5.41) is 0. The van der Waals surface area contributed by atoms with Crippen molar-refractivity contribution >= 4 is 5.78 Å². The maximum absolute atomic E-state index is 11.6. The topological polar surface area (TPSA) is 20.1 Å². The van der Waals surface area contributed by atoms with Gasteiger partial charge in [0.1, 0.15) is 0 Å². The summed E-state index contributed by atoms with van der Waals surface area (Å²) in [7, 11) is 0. The zero-order valence-corrected chi connectivity index (χ0v) is 7.73. The predicted molar refractivity (Wildman–Crippen MR) is 51.8 cm³/mol. The maximum Gasteiger partial charge on any atom is 0.176 e. The molecule has 13 heavy (non-hydrogen) atoms. The van der Waals surface area contributed by atoms with Gasteiger partial charge in [-0.25, -0.2) is 0 Å². The molecule has 2 heteroatoms. The number of Topliss-reactive ketones (excluding diaryl/α,β-unsaturated/α-hetero) is 1. The van der Waals surface area contributed by atoms with E-state index in [1.807, 2.05) is 30.3 Å². The summed E-state index contributed by atoms with van der Waals surface area (Å²) < 4.78 is 0. The highest BCUT2D eigenvalue weighted by atomic mass is 16.1. The lowest BCUT2D eigenvalue weighted by atomic mass is 10.1. The van der Waals surface area contributed by atoms with Gasteiger partial charge >= 0.3 is 0 Å². The minimum atomic E-state index is 0.227. The fourth-order valence-electron chi connectivity index (χ4n) is 1.41. The van der Waals surface area contributed by atoms with Gasteiger partial charge < -0.3 is 0 Å². The van der Waals surface area contributed by atoms with Gasteiger partial charge in [0.2, 0.25) is 0 Å². The Morgan fingerprint density at radius 1 is 1.46 bits per heavy atom. The second kappa shape index (κ2) is 3.30. The van der Waals surface area contributed by atoms with Crippen molar-refractivity contribution in [3.8, 4) is 0 Å². The van der Waals surface area contributed by atoms with E-state index in [2.05, 4.69) is 11.8 Å². The number of carbonyl (C=O) groups excluding carboxylic acids is 1. The van der Waals surface area contributed by atoms with E-state index in [0.717, 1.165) is 12.1 Å². The second-order valence-corrected chi connectivity index (χ2v) is 3.57. The van der Waals surface area contributed by atoms with Crippen molar-refractivity contribution in [3.63, 3.8) is 0 Å². The molecule has 0 amide bonds. The van der Waals surface area contributed by atoms with Gasteiger partial charge in [0, 0.05) is 18.2 Å². The Balaban J connectivity index is 1.98. The summed E-state index contributed by atoms with van der Waals surface area (Å²) >= 11 is 0. The molecule has 1 aliphatic rings. The zero-order valence-electron chi connectivity index (χ0n) is 7.73. The van der Waals surface area contributed by atoms with Crippen LogP contribution in [0.4, 0.5) is 0 Å². The normalized spacial score (nSPS) is 25.6. The molecule has 0 spiro atoms. The SMILES string of the molecule is CC1CN1CC(=O)c1ccccc1. The largest absolute Gasteiger partial charge is 0.293 e. The molecule has 1 heterocycles. The molecule has 0 saturated carbocycles. The van der Waals surface area contributed by atoms with Gasteiger partial charge in [-0.05, 0) is 6.92 Å². The predicted octanol–water partition coefficient (Wildman–Crippen LogP) is 1.57. The quantitative estimate of drug-likeness (QED) is 0.513. The molecule has 1 aliphatic heterocycles. The molecule has 68 valence electrons. The zero-order chi connectivity index (χ0) is 9.26. The van der Waals surface area contributed by atoms with Gasteiger partial charge in [-0.2, -0.15) is 0 Å². The van der Waals surface area contributed by atoms with Crippen molar-refractivity contribution in [1.82, 2.24) is 4.90 Å². The van der Waals surface area contributed by atoms with Crippen LogP contribution in [-0.4, -0.2) is 29.8 Å². The van der Waals surface area contributed by atoms with E-state index < -0.39 is 0 Å². The van der Waals surface area contributed by atoms with E-state index in [-0.39, 0.29) is 5.78 Å². The van der Waals surface area contributed by atoms with E-state index in [0.29, 0.717) is 12.6 Å². The first-order chi connectivity index (χ1) is 6.27. The van der Waals surface area contributed by atoms with Gasteiger partial charge in [-0.3, -0.25) is 9.69 Å². The number of hydrogen-bond donors (Lipinski definition) is 0. The number of ketones is 1. The minimum absolute atomic E-state index is 0.227. The van der Waals surface area contributed by atoms with E-state index in [1.165, 1.54) is 0 Å². The van der Waals surface area contributed by atoms with Gasteiger partial charge in [-0.1, -0.05) is 30.3 Å². The lowest BCUT2D eigenvalue weighted by molar-refractivity contribution is 0.0972. The van der Waals surface area contributed by atoms with Crippen molar-refractivity contribution in [1.29, 1.82) is 0 Å². The Morgan fingerprint density at radius 2 is 2.08 bits per heavy atom. The molecule has 2 nitrogen and oxygen atoms in total. The van der Waals surface area contributed by atoms with E-state index in [9.17, 15) is 4.79 Å². The van der Waals surface area contributed by atoms with Crippen LogP contribution in [0, 0.1) is 0 Å². The summed E-state index contributed by atoms with van der Waals surface area (Å²) in [5.41, 5.74) is 0.821. The second-order valence-electron chi connectivity index (χ2n) is 3.57. The molecule has 1 saturated heterocycles. The summed E-state index contributed by atoms with van der Waals surface area (Å²) in [5.74, 6) is 0.227. The first-order valence-corrected chi connectivity index (χ1v) is 4.59. The number of benzene rings is 1. The molecule has 2 atom stereocenters. The average Bonchev–Trinajstić information content (AvgIpc) is 2.83. The Hall–Kier alpha value is -1.15. The van der Waals surface area contributed by atoms with E-state index in [4.69, 9.17) is 0 Å². The fraction of sp³-hybridized carbons (Fsp3) is 0.364. The van der Waals surface area contributed by atoms with Crippen molar-refractivity contribution in [2.45, 2.75) is 13.0 Å². The molecule has 0 aromatic heterocycles. The first-order valence-electron chi connectivity index (χ1n) is 4.59. The monoisotopic (exact) mass is 175 g/mol. The highest BCUT2D eigenvalue weighted by Gasteiger charge is 2.30. The Morgan fingerprint density at radius 3 is 2.62 bits per heavy atom. The molecule has 1 aromatic carbocycles. The number of hydrogen-bond acceptors (Lipinski definition) is 2. The third-order valence-corrected chi connectivity index (χ3v) is 2.43. The molecular formula is C11H13NO. The third-order valence-electron chi connectivity index (χ3n) is 2.43. The van der Waals surface area contributed by atoms with Crippen LogP contribution in [0.25, 0.3) is 0 Å². The van der Waals surface area contributed by atoms with Crippen LogP contribution in [0.1, 0.15) is 17.3 Å². The van der Waals surface area contributed by atoms with Crippen LogP contribution >= 0.6 is 0 Å².